The monoisotopic (exact) mass is 348 g/mol. The average Bonchev–Trinajstić information content (AvgIpc) is 3.07. The Hall–Kier alpha value is -1.76. The van der Waals surface area contributed by atoms with E-state index in [0.717, 1.165) is 27.9 Å². The van der Waals surface area contributed by atoms with E-state index in [-0.39, 0.29) is 11.4 Å². The number of carbonyl (C=O) groups is 1. The first-order chi connectivity index (χ1) is 11.2. The maximum Gasteiger partial charge on any atom is 0.266 e. The van der Waals surface area contributed by atoms with Crippen molar-refractivity contribution in [3.05, 3.63) is 27.4 Å². The SMILES string of the molecule is Cc1nnc(CN(C(=O)c2sc(CC3CC3)nc2C)C(C)(C)C)o1. The van der Waals surface area contributed by atoms with E-state index in [1.54, 1.807) is 11.8 Å². The largest absolute Gasteiger partial charge is 0.424 e. The summed E-state index contributed by atoms with van der Waals surface area (Å²) in [5.74, 6) is 1.71. The molecule has 1 fully saturated rings. The fourth-order valence-electron chi connectivity index (χ4n) is 2.58. The number of aryl methyl sites for hydroxylation is 2. The highest BCUT2D eigenvalue weighted by Gasteiger charge is 2.32. The third-order valence-electron chi connectivity index (χ3n) is 4.11. The van der Waals surface area contributed by atoms with Gasteiger partial charge in [0.15, 0.2) is 0 Å². The van der Waals surface area contributed by atoms with Crippen LogP contribution in [0.5, 0.6) is 0 Å². The van der Waals surface area contributed by atoms with Gasteiger partial charge in [0.05, 0.1) is 17.2 Å². The molecular weight excluding hydrogens is 324 g/mol. The lowest BCUT2D eigenvalue weighted by Crippen LogP contribution is -2.45. The predicted octanol–water partition coefficient (Wildman–Crippen LogP) is 3.54. The zero-order valence-electron chi connectivity index (χ0n) is 14.9. The van der Waals surface area contributed by atoms with Crippen molar-refractivity contribution in [3.63, 3.8) is 0 Å². The first-order valence-electron chi connectivity index (χ1n) is 8.31. The minimum atomic E-state index is -0.355. The van der Waals surface area contributed by atoms with Gasteiger partial charge < -0.3 is 9.32 Å². The Kier molecular flexibility index (Phi) is 4.46. The summed E-state index contributed by atoms with van der Waals surface area (Å²) in [5, 5.41) is 8.95. The van der Waals surface area contributed by atoms with Crippen LogP contribution in [-0.4, -0.2) is 31.5 Å². The van der Waals surface area contributed by atoms with Gasteiger partial charge in [-0.05, 0) is 46.5 Å². The van der Waals surface area contributed by atoms with Gasteiger partial charge in [-0.3, -0.25) is 4.79 Å². The normalized spacial score (nSPS) is 14.9. The zero-order valence-corrected chi connectivity index (χ0v) is 15.7. The van der Waals surface area contributed by atoms with Crippen LogP contribution in [-0.2, 0) is 13.0 Å². The van der Waals surface area contributed by atoms with E-state index in [0.29, 0.717) is 18.3 Å². The van der Waals surface area contributed by atoms with Crippen molar-refractivity contribution < 1.29 is 9.21 Å². The highest BCUT2D eigenvalue weighted by molar-refractivity contribution is 7.13. The van der Waals surface area contributed by atoms with Crippen molar-refractivity contribution in [2.24, 2.45) is 5.92 Å². The number of thiazole rings is 1. The number of nitrogens with zero attached hydrogens (tertiary/aromatic N) is 4. The molecule has 1 aliphatic carbocycles. The maximum atomic E-state index is 13.1. The van der Waals surface area contributed by atoms with Crippen LogP contribution in [0.3, 0.4) is 0 Å². The van der Waals surface area contributed by atoms with Crippen LogP contribution < -0.4 is 0 Å². The minimum Gasteiger partial charge on any atom is -0.424 e. The van der Waals surface area contributed by atoms with Crippen molar-refractivity contribution in [2.45, 2.75) is 66.0 Å². The summed E-state index contributed by atoms with van der Waals surface area (Å²) in [5.41, 5.74) is 0.462. The zero-order chi connectivity index (χ0) is 17.5. The van der Waals surface area contributed by atoms with E-state index in [9.17, 15) is 4.79 Å². The summed E-state index contributed by atoms with van der Waals surface area (Å²) < 4.78 is 5.46. The van der Waals surface area contributed by atoms with Crippen LogP contribution in [0.2, 0.25) is 0 Å². The molecular formula is C17H24N4O2S. The van der Waals surface area contributed by atoms with E-state index in [4.69, 9.17) is 4.42 Å². The molecule has 0 aliphatic heterocycles. The molecule has 0 spiro atoms. The molecule has 3 rings (SSSR count). The summed E-state index contributed by atoms with van der Waals surface area (Å²) in [6.45, 7) is 9.99. The van der Waals surface area contributed by atoms with E-state index < -0.39 is 0 Å². The molecule has 0 bridgehead atoms. The lowest BCUT2D eigenvalue weighted by Gasteiger charge is -2.34. The molecule has 1 saturated carbocycles. The Morgan fingerprint density at radius 1 is 1.29 bits per heavy atom. The molecule has 0 N–H and O–H groups in total. The quantitative estimate of drug-likeness (QED) is 0.826. The number of hydrogen-bond donors (Lipinski definition) is 0. The van der Waals surface area contributed by atoms with Gasteiger partial charge in [0, 0.05) is 18.9 Å². The number of hydrogen-bond acceptors (Lipinski definition) is 6. The molecule has 1 amide bonds. The van der Waals surface area contributed by atoms with Gasteiger partial charge in [-0.2, -0.15) is 0 Å². The Labute approximate surface area is 146 Å². The van der Waals surface area contributed by atoms with Crippen LogP contribution in [0.25, 0.3) is 0 Å². The molecule has 0 aromatic carbocycles. The molecule has 6 nitrogen and oxygen atoms in total. The molecule has 2 aromatic rings. The first kappa shape index (κ1) is 17.1. The molecule has 24 heavy (non-hydrogen) atoms. The molecule has 1 aliphatic rings. The highest BCUT2D eigenvalue weighted by Crippen LogP contribution is 2.35. The predicted molar refractivity (Wildman–Crippen MR) is 91.9 cm³/mol. The number of aromatic nitrogens is 3. The number of rotatable bonds is 5. The van der Waals surface area contributed by atoms with Crippen molar-refractivity contribution in [1.29, 1.82) is 0 Å². The molecule has 0 atom stereocenters. The van der Waals surface area contributed by atoms with Crippen molar-refractivity contribution >= 4 is 17.2 Å². The summed E-state index contributed by atoms with van der Waals surface area (Å²) in [7, 11) is 0. The maximum absolute atomic E-state index is 13.1. The Morgan fingerprint density at radius 3 is 2.54 bits per heavy atom. The Morgan fingerprint density at radius 2 is 2.00 bits per heavy atom. The smallest absolute Gasteiger partial charge is 0.266 e. The molecule has 2 heterocycles. The second-order valence-corrected chi connectivity index (χ2v) is 8.53. The van der Waals surface area contributed by atoms with Crippen LogP contribution in [0.15, 0.2) is 4.42 Å². The van der Waals surface area contributed by atoms with Crippen molar-refractivity contribution in [2.75, 3.05) is 0 Å². The second kappa shape index (κ2) is 6.27. The summed E-state index contributed by atoms with van der Waals surface area (Å²) in [4.78, 5) is 20.3. The summed E-state index contributed by atoms with van der Waals surface area (Å²) in [6, 6.07) is 0. The Bertz CT molecular complexity index is 740. The first-order valence-corrected chi connectivity index (χ1v) is 9.13. The third kappa shape index (κ3) is 3.83. The third-order valence-corrected chi connectivity index (χ3v) is 5.28. The van der Waals surface area contributed by atoms with E-state index in [1.165, 1.54) is 24.2 Å². The van der Waals surface area contributed by atoms with Gasteiger partial charge in [0.2, 0.25) is 11.8 Å². The van der Waals surface area contributed by atoms with Crippen molar-refractivity contribution in [3.8, 4) is 0 Å². The van der Waals surface area contributed by atoms with E-state index in [2.05, 4.69) is 15.2 Å². The molecule has 7 heteroatoms. The van der Waals surface area contributed by atoms with Crippen LogP contribution in [0.4, 0.5) is 0 Å². The standard InChI is InChI=1S/C17H24N4O2S/c1-10-15(24-14(18-10)8-12-6-7-12)16(22)21(17(3,4)5)9-13-20-19-11(2)23-13/h12H,6-9H2,1-5H3. The van der Waals surface area contributed by atoms with Gasteiger partial charge in [-0.25, -0.2) is 4.98 Å². The van der Waals surface area contributed by atoms with Crippen LogP contribution in [0.1, 0.15) is 65.8 Å². The molecule has 0 saturated heterocycles. The van der Waals surface area contributed by atoms with Gasteiger partial charge in [0.1, 0.15) is 4.88 Å². The van der Waals surface area contributed by atoms with E-state index in [1.807, 2.05) is 27.7 Å². The molecule has 0 radical (unpaired) electrons. The van der Waals surface area contributed by atoms with Crippen molar-refractivity contribution in [1.82, 2.24) is 20.1 Å². The summed E-state index contributed by atoms with van der Waals surface area (Å²) in [6.07, 6.45) is 3.57. The topological polar surface area (TPSA) is 72.1 Å². The minimum absolute atomic E-state index is 0.0181. The van der Waals surface area contributed by atoms with Gasteiger partial charge in [-0.1, -0.05) is 0 Å². The van der Waals surface area contributed by atoms with Gasteiger partial charge >= 0.3 is 0 Å². The fourth-order valence-corrected chi connectivity index (χ4v) is 3.71. The fraction of sp³-hybridized carbons (Fsp3) is 0.647. The molecule has 2 aromatic heterocycles. The van der Waals surface area contributed by atoms with Crippen LogP contribution >= 0.6 is 11.3 Å². The second-order valence-electron chi connectivity index (χ2n) is 7.45. The van der Waals surface area contributed by atoms with E-state index >= 15 is 0 Å². The number of amides is 1. The van der Waals surface area contributed by atoms with Crippen LogP contribution in [0, 0.1) is 19.8 Å². The van der Waals surface area contributed by atoms with Gasteiger partial charge in [0.25, 0.3) is 5.91 Å². The highest BCUT2D eigenvalue weighted by atomic mass is 32.1. The summed E-state index contributed by atoms with van der Waals surface area (Å²) >= 11 is 1.53. The molecule has 0 unspecified atom stereocenters. The average molecular weight is 348 g/mol. The lowest BCUT2D eigenvalue weighted by atomic mass is 10.1. The number of carbonyl (C=O) groups excluding carboxylic acids is 1. The van der Waals surface area contributed by atoms with Gasteiger partial charge in [-0.15, -0.1) is 21.5 Å². The molecule has 130 valence electrons. The Balaban J connectivity index is 1.83. The lowest BCUT2D eigenvalue weighted by molar-refractivity contribution is 0.0536.